The number of hydrogen-bond donors (Lipinski definition) is 1. The van der Waals surface area contributed by atoms with Crippen LogP contribution in [-0.4, -0.2) is 48.9 Å². The first-order valence-corrected chi connectivity index (χ1v) is 12.9. The molecule has 0 aliphatic carbocycles. The highest BCUT2D eigenvalue weighted by atomic mass is 16.1. The summed E-state index contributed by atoms with van der Waals surface area (Å²) in [5.41, 5.74) is 3.91. The summed E-state index contributed by atoms with van der Waals surface area (Å²) in [6.45, 7) is 17.3. The molecular weight excluding hydrogens is 418 g/mol. The van der Waals surface area contributed by atoms with Crippen molar-refractivity contribution in [3.05, 3.63) is 77.4 Å². The number of rotatable bonds is 5. The minimum absolute atomic E-state index is 0.0628. The second-order valence-corrected chi connectivity index (χ2v) is 8.16. The smallest absolute Gasteiger partial charge is 0.255 e. The minimum atomic E-state index is -0.0628. The van der Waals surface area contributed by atoms with Crippen molar-refractivity contribution in [3.8, 4) is 0 Å². The average Bonchev–Trinajstić information content (AvgIpc) is 2.88. The summed E-state index contributed by atoms with van der Waals surface area (Å²) in [6.07, 6.45) is 6.47. The molecule has 1 N–H and O–H groups in total. The highest BCUT2D eigenvalue weighted by Crippen LogP contribution is 2.18. The fraction of sp³-hybridized carbons (Fsp3) is 0.500. The topological polar surface area (TPSA) is 35.6 Å². The molecule has 4 nitrogen and oxygen atoms in total. The maximum Gasteiger partial charge on any atom is 0.255 e. The summed E-state index contributed by atoms with van der Waals surface area (Å²) in [5.74, 6) is -0.0628. The van der Waals surface area contributed by atoms with E-state index in [4.69, 9.17) is 0 Å². The van der Waals surface area contributed by atoms with Gasteiger partial charge in [0.25, 0.3) is 5.91 Å². The first-order valence-electron chi connectivity index (χ1n) is 12.9. The Bertz CT molecular complexity index is 800. The van der Waals surface area contributed by atoms with Crippen molar-refractivity contribution in [2.45, 2.75) is 73.9 Å². The van der Waals surface area contributed by atoms with E-state index in [2.05, 4.69) is 41.3 Å². The number of carbonyl (C=O) groups excluding carboxylic acids is 1. The lowest BCUT2D eigenvalue weighted by molar-refractivity contribution is 0.102. The SMILES string of the molecule is C/C=C\C.CC.CC.Cc1cccc(C(=O)Nc2ccc(CN3CCC(N(C)C)CC3)cc2)c1. The van der Waals surface area contributed by atoms with Gasteiger partial charge in [-0.15, -0.1) is 0 Å². The quantitative estimate of drug-likeness (QED) is 0.465. The molecule has 1 aliphatic rings. The van der Waals surface area contributed by atoms with Crippen LogP contribution < -0.4 is 5.32 Å². The van der Waals surface area contributed by atoms with E-state index in [1.54, 1.807) is 0 Å². The molecule has 1 heterocycles. The predicted octanol–water partition coefficient (Wildman–Crippen LogP) is 7.41. The van der Waals surface area contributed by atoms with Crippen LogP contribution in [0, 0.1) is 6.92 Å². The number of allylic oxidation sites excluding steroid dienone is 2. The van der Waals surface area contributed by atoms with Gasteiger partial charge in [0.2, 0.25) is 0 Å². The zero-order valence-electron chi connectivity index (χ0n) is 23.2. The fourth-order valence-electron chi connectivity index (χ4n) is 3.54. The molecule has 1 saturated heterocycles. The summed E-state index contributed by atoms with van der Waals surface area (Å²) in [6, 6.07) is 16.6. The maximum atomic E-state index is 12.3. The van der Waals surface area contributed by atoms with Gasteiger partial charge in [-0.1, -0.05) is 69.7 Å². The van der Waals surface area contributed by atoms with Crippen LogP contribution in [0.2, 0.25) is 0 Å². The van der Waals surface area contributed by atoms with Crippen molar-refractivity contribution in [1.82, 2.24) is 9.80 Å². The Kier molecular flexibility index (Phi) is 17.6. The van der Waals surface area contributed by atoms with Crippen LogP contribution in [-0.2, 0) is 6.54 Å². The van der Waals surface area contributed by atoms with E-state index >= 15 is 0 Å². The van der Waals surface area contributed by atoms with E-state index in [-0.39, 0.29) is 5.91 Å². The van der Waals surface area contributed by atoms with Gasteiger partial charge in [0.05, 0.1) is 0 Å². The van der Waals surface area contributed by atoms with Crippen molar-refractivity contribution in [2.24, 2.45) is 0 Å². The third-order valence-corrected chi connectivity index (χ3v) is 5.52. The molecule has 4 heteroatoms. The molecule has 34 heavy (non-hydrogen) atoms. The normalized spacial score (nSPS) is 13.7. The van der Waals surface area contributed by atoms with Gasteiger partial charge >= 0.3 is 0 Å². The third-order valence-electron chi connectivity index (χ3n) is 5.52. The van der Waals surface area contributed by atoms with Crippen LogP contribution in [0.1, 0.15) is 75.9 Å². The number of anilines is 1. The molecule has 2 aromatic rings. The van der Waals surface area contributed by atoms with E-state index < -0.39 is 0 Å². The summed E-state index contributed by atoms with van der Waals surface area (Å²) in [4.78, 5) is 17.2. The summed E-state index contributed by atoms with van der Waals surface area (Å²) in [5, 5.41) is 2.98. The van der Waals surface area contributed by atoms with Gasteiger partial charge in [0.15, 0.2) is 0 Å². The molecule has 190 valence electrons. The number of amides is 1. The Hall–Kier alpha value is -2.43. The number of piperidine rings is 1. The van der Waals surface area contributed by atoms with Gasteiger partial charge in [-0.2, -0.15) is 0 Å². The number of nitrogens with zero attached hydrogens (tertiary/aromatic N) is 2. The second kappa shape index (κ2) is 18.9. The van der Waals surface area contributed by atoms with Crippen molar-refractivity contribution < 1.29 is 4.79 Å². The van der Waals surface area contributed by atoms with Crippen LogP contribution in [0.5, 0.6) is 0 Å². The highest BCUT2D eigenvalue weighted by Gasteiger charge is 2.20. The van der Waals surface area contributed by atoms with Gasteiger partial charge in [0, 0.05) is 23.8 Å². The Balaban J connectivity index is 0.00000121. The molecule has 1 fully saturated rings. The van der Waals surface area contributed by atoms with E-state index in [0.29, 0.717) is 11.6 Å². The fourth-order valence-corrected chi connectivity index (χ4v) is 3.54. The van der Waals surface area contributed by atoms with E-state index in [1.165, 1.54) is 18.4 Å². The number of nitrogens with one attached hydrogen (secondary N) is 1. The molecule has 0 spiro atoms. The molecule has 3 rings (SSSR count). The largest absolute Gasteiger partial charge is 0.322 e. The number of aryl methyl sites for hydroxylation is 1. The number of benzene rings is 2. The molecule has 0 aromatic heterocycles. The van der Waals surface area contributed by atoms with Crippen LogP contribution in [0.3, 0.4) is 0 Å². The summed E-state index contributed by atoms with van der Waals surface area (Å²) in [7, 11) is 4.34. The average molecular weight is 468 g/mol. The molecule has 1 amide bonds. The first kappa shape index (κ1) is 31.6. The molecule has 0 bridgehead atoms. The van der Waals surface area contributed by atoms with E-state index in [9.17, 15) is 4.79 Å². The lowest BCUT2D eigenvalue weighted by Crippen LogP contribution is -2.41. The first-order chi connectivity index (χ1) is 16.4. The number of likely N-dealkylation sites (tertiary alicyclic amines) is 1. The monoisotopic (exact) mass is 467 g/mol. The van der Waals surface area contributed by atoms with Gasteiger partial charge < -0.3 is 10.2 Å². The highest BCUT2D eigenvalue weighted by molar-refractivity contribution is 6.04. The van der Waals surface area contributed by atoms with Crippen LogP contribution in [0.25, 0.3) is 0 Å². The van der Waals surface area contributed by atoms with Gasteiger partial charge in [-0.3, -0.25) is 9.69 Å². The Morgan fingerprint density at radius 2 is 1.53 bits per heavy atom. The number of carbonyl (C=O) groups is 1. The van der Waals surface area contributed by atoms with Crippen molar-refractivity contribution in [3.63, 3.8) is 0 Å². The zero-order valence-corrected chi connectivity index (χ0v) is 23.2. The zero-order chi connectivity index (χ0) is 25.9. The van der Waals surface area contributed by atoms with Crippen molar-refractivity contribution >= 4 is 11.6 Å². The van der Waals surface area contributed by atoms with Crippen LogP contribution >= 0.6 is 0 Å². The Morgan fingerprint density at radius 3 is 2.00 bits per heavy atom. The summed E-state index contributed by atoms with van der Waals surface area (Å²) < 4.78 is 0. The minimum Gasteiger partial charge on any atom is -0.322 e. The Morgan fingerprint density at radius 1 is 0.971 bits per heavy atom. The molecule has 0 radical (unpaired) electrons. The molecule has 0 unspecified atom stereocenters. The van der Waals surface area contributed by atoms with Gasteiger partial charge in [-0.25, -0.2) is 0 Å². The van der Waals surface area contributed by atoms with Gasteiger partial charge in [-0.05, 0) is 90.6 Å². The predicted molar refractivity (Wildman–Crippen MR) is 151 cm³/mol. The third kappa shape index (κ3) is 12.2. The number of hydrogen-bond acceptors (Lipinski definition) is 3. The molecule has 1 aliphatic heterocycles. The molecular formula is C30H49N3O. The van der Waals surface area contributed by atoms with Gasteiger partial charge in [0.1, 0.15) is 0 Å². The van der Waals surface area contributed by atoms with E-state index in [0.717, 1.165) is 30.9 Å². The molecule has 0 atom stereocenters. The maximum absolute atomic E-state index is 12.3. The lowest BCUT2D eigenvalue weighted by atomic mass is 10.0. The van der Waals surface area contributed by atoms with Crippen LogP contribution in [0.15, 0.2) is 60.7 Å². The molecule has 2 aromatic carbocycles. The lowest BCUT2D eigenvalue weighted by Gasteiger charge is -2.35. The summed E-state index contributed by atoms with van der Waals surface area (Å²) >= 11 is 0. The molecule has 0 saturated carbocycles. The van der Waals surface area contributed by atoms with Crippen LogP contribution in [0.4, 0.5) is 5.69 Å². The van der Waals surface area contributed by atoms with Crippen molar-refractivity contribution in [2.75, 3.05) is 32.5 Å². The Labute approximate surface area is 210 Å². The standard InChI is InChI=1S/C22H29N3O.C4H8.2C2H6/c1-17-5-4-6-19(15-17)22(26)23-20-9-7-18(8-10-20)16-25-13-11-21(12-14-25)24(2)3;1-3-4-2;2*1-2/h4-10,15,21H,11-14,16H2,1-3H3,(H,23,26);3-4H,1-2H3;2*1-2H3/b;4-3-;;. The van der Waals surface area contributed by atoms with Crippen molar-refractivity contribution in [1.29, 1.82) is 0 Å². The second-order valence-electron chi connectivity index (χ2n) is 8.16. The van der Waals surface area contributed by atoms with E-state index in [1.807, 2.05) is 97.0 Å².